The van der Waals surface area contributed by atoms with Crippen molar-refractivity contribution in [3.8, 4) is 5.75 Å². The molecule has 0 spiro atoms. The summed E-state index contributed by atoms with van der Waals surface area (Å²) in [5.74, 6) is 1.31. The van der Waals surface area contributed by atoms with E-state index in [9.17, 15) is 4.79 Å². The molecule has 28 heavy (non-hydrogen) atoms. The number of ether oxygens (including phenoxy) is 1. The number of likely N-dealkylation sites (tertiary alicyclic amines) is 1. The monoisotopic (exact) mass is 394 g/mol. The van der Waals surface area contributed by atoms with Gasteiger partial charge in [-0.2, -0.15) is 0 Å². The smallest absolute Gasteiger partial charge is 0.263 e. The third-order valence-corrected chi connectivity index (χ3v) is 6.87. The number of carbonyl (C=O) groups is 1. The maximum Gasteiger partial charge on any atom is 0.263 e. The van der Waals surface area contributed by atoms with Gasteiger partial charge in [-0.1, -0.05) is 24.3 Å². The molecule has 2 aromatic carbocycles. The van der Waals surface area contributed by atoms with E-state index in [-0.39, 0.29) is 5.91 Å². The Hall–Kier alpha value is -2.40. The van der Waals surface area contributed by atoms with E-state index in [1.54, 1.807) is 11.3 Å². The molecule has 3 aromatic rings. The summed E-state index contributed by atoms with van der Waals surface area (Å²) in [5, 5.41) is 1.20. The van der Waals surface area contributed by atoms with Crippen LogP contribution in [0.4, 0.5) is 0 Å². The first-order valence-electron chi connectivity index (χ1n) is 9.90. The molecule has 0 saturated carbocycles. The second kappa shape index (κ2) is 7.92. The first-order valence-corrected chi connectivity index (χ1v) is 10.7. The maximum absolute atomic E-state index is 12.9. The molecule has 1 saturated heterocycles. The lowest BCUT2D eigenvalue weighted by atomic mass is 9.97. The van der Waals surface area contributed by atoms with Crippen molar-refractivity contribution in [1.82, 2.24) is 9.88 Å². The third-order valence-electron chi connectivity index (χ3n) is 5.67. The highest BCUT2D eigenvalue weighted by Gasteiger charge is 2.29. The number of carbonyl (C=O) groups excluding carboxylic acids is 1. The van der Waals surface area contributed by atoms with Gasteiger partial charge in [0.25, 0.3) is 5.91 Å². The Labute approximate surface area is 170 Å². The Morgan fingerprint density at radius 2 is 1.89 bits per heavy atom. The number of hydrogen-bond donors (Lipinski definition) is 0. The normalized spacial score (nSPS) is 16.3. The molecule has 1 atom stereocenters. The topological polar surface area (TPSA) is 42.4 Å². The van der Waals surface area contributed by atoms with E-state index in [1.807, 2.05) is 36.9 Å². The summed E-state index contributed by atoms with van der Waals surface area (Å²) in [6.45, 7) is 7.47. The molecule has 2 heterocycles. The summed E-state index contributed by atoms with van der Waals surface area (Å²) in [5.41, 5.74) is 3.35. The molecule has 4 nitrogen and oxygen atoms in total. The standard InChI is InChI=1S/C23H26N2O2S/c1-15-7-6-9-20(16(15)2)27-17(3)23(26)25-13-11-18(12-14-25)22-24-19-8-4-5-10-21(19)28-22/h4-10,17-18H,11-14H2,1-3H3/t17-/m1/s1. The minimum atomic E-state index is -0.473. The Morgan fingerprint density at radius 3 is 2.64 bits per heavy atom. The van der Waals surface area contributed by atoms with Crippen LogP contribution in [-0.2, 0) is 4.79 Å². The molecular weight excluding hydrogens is 368 g/mol. The number of thiazole rings is 1. The zero-order valence-corrected chi connectivity index (χ0v) is 17.5. The molecule has 4 rings (SSSR count). The molecule has 1 amide bonds. The van der Waals surface area contributed by atoms with E-state index in [0.717, 1.165) is 42.8 Å². The SMILES string of the molecule is Cc1cccc(O[C@H](C)C(=O)N2CCC(c3nc4ccccc4s3)CC2)c1C. The highest BCUT2D eigenvalue weighted by molar-refractivity contribution is 7.18. The van der Waals surface area contributed by atoms with Gasteiger partial charge in [0.05, 0.1) is 15.2 Å². The van der Waals surface area contributed by atoms with Crippen molar-refractivity contribution in [3.63, 3.8) is 0 Å². The predicted octanol–water partition coefficient (Wildman–Crippen LogP) is 5.09. The Kier molecular flexibility index (Phi) is 5.36. The van der Waals surface area contributed by atoms with E-state index in [2.05, 4.69) is 31.2 Å². The summed E-state index contributed by atoms with van der Waals surface area (Å²) in [6, 6.07) is 14.3. The largest absolute Gasteiger partial charge is 0.481 e. The maximum atomic E-state index is 12.9. The Balaban J connectivity index is 1.37. The second-order valence-electron chi connectivity index (χ2n) is 7.58. The number of amides is 1. The van der Waals surface area contributed by atoms with Crippen LogP contribution in [0.1, 0.15) is 41.8 Å². The van der Waals surface area contributed by atoms with Crippen LogP contribution in [-0.4, -0.2) is 35.0 Å². The molecule has 1 fully saturated rings. The van der Waals surface area contributed by atoms with Crippen LogP contribution in [0.15, 0.2) is 42.5 Å². The van der Waals surface area contributed by atoms with Gasteiger partial charge in [-0.05, 0) is 62.9 Å². The van der Waals surface area contributed by atoms with E-state index in [0.29, 0.717) is 5.92 Å². The summed E-state index contributed by atoms with van der Waals surface area (Å²) in [6.07, 6.45) is 1.45. The van der Waals surface area contributed by atoms with Gasteiger partial charge >= 0.3 is 0 Å². The molecular formula is C23H26N2O2S. The third kappa shape index (κ3) is 3.76. The Morgan fingerprint density at radius 1 is 1.14 bits per heavy atom. The van der Waals surface area contributed by atoms with Gasteiger partial charge in [0.15, 0.2) is 6.10 Å². The van der Waals surface area contributed by atoms with Gasteiger partial charge < -0.3 is 9.64 Å². The van der Waals surface area contributed by atoms with Gasteiger partial charge in [-0.3, -0.25) is 4.79 Å². The van der Waals surface area contributed by atoms with Gasteiger partial charge in [-0.15, -0.1) is 11.3 Å². The lowest BCUT2D eigenvalue weighted by Crippen LogP contribution is -2.44. The number of para-hydroxylation sites is 1. The van der Waals surface area contributed by atoms with Crippen molar-refractivity contribution in [2.24, 2.45) is 0 Å². The molecule has 0 aliphatic carbocycles. The minimum Gasteiger partial charge on any atom is -0.481 e. The van der Waals surface area contributed by atoms with Crippen LogP contribution < -0.4 is 4.74 Å². The van der Waals surface area contributed by atoms with Crippen molar-refractivity contribution in [2.45, 2.75) is 45.6 Å². The quantitative estimate of drug-likeness (QED) is 0.619. The number of aromatic nitrogens is 1. The predicted molar refractivity (Wildman–Crippen MR) is 114 cm³/mol. The zero-order chi connectivity index (χ0) is 19.7. The van der Waals surface area contributed by atoms with Crippen molar-refractivity contribution in [2.75, 3.05) is 13.1 Å². The summed E-state index contributed by atoms with van der Waals surface area (Å²) < 4.78 is 7.23. The summed E-state index contributed by atoms with van der Waals surface area (Å²) >= 11 is 1.79. The van der Waals surface area contributed by atoms with Crippen LogP contribution in [0.3, 0.4) is 0 Å². The highest BCUT2D eigenvalue weighted by atomic mass is 32.1. The molecule has 1 aromatic heterocycles. The number of hydrogen-bond acceptors (Lipinski definition) is 4. The number of nitrogens with zero attached hydrogens (tertiary/aromatic N) is 2. The van der Waals surface area contributed by atoms with E-state index < -0.39 is 6.10 Å². The van der Waals surface area contributed by atoms with Gasteiger partial charge in [0, 0.05) is 19.0 Å². The van der Waals surface area contributed by atoms with Gasteiger partial charge in [0.2, 0.25) is 0 Å². The lowest BCUT2D eigenvalue weighted by Gasteiger charge is -2.33. The molecule has 5 heteroatoms. The van der Waals surface area contributed by atoms with Crippen molar-refractivity contribution < 1.29 is 9.53 Å². The fourth-order valence-corrected chi connectivity index (χ4v) is 4.90. The summed E-state index contributed by atoms with van der Waals surface area (Å²) in [7, 11) is 0. The first kappa shape index (κ1) is 18.9. The fourth-order valence-electron chi connectivity index (χ4n) is 3.76. The molecule has 0 radical (unpaired) electrons. The van der Waals surface area contributed by atoms with Crippen LogP contribution in [0.5, 0.6) is 5.75 Å². The van der Waals surface area contributed by atoms with Crippen LogP contribution in [0, 0.1) is 13.8 Å². The fraction of sp³-hybridized carbons (Fsp3) is 0.391. The van der Waals surface area contributed by atoms with Crippen LogP contribution >= 0.6 is 11.3 Å². The summed E-state index contributed by atoms with van der Waals surface area (Å²) in [4.78, 5) is 19.6. The lowest BCUT2D eigenvalue weighted by molar-refractivity contribution is -0.139. The van der Waals surface area contributed by atoms with Crippen LogP contribution in [0.25, 0.3) is 10.2 Å². The van der Waals surface area contributed by atoms with Gasteiger partial charge in [0.1, 0.15) is 5.75 Å². The number of rotatable bonds is 4. The van der Waals surface area contributed by atoms with Crippen molar-refractivity contribution in [3.05, 3.63) is 58.6 Å². The molecule has 1 aliphatic rings. The Bertz CT molecular complexity index is 956. The highest BCUT2D eigenvalue weighted by Crippen LogP contribution is 2.34. The number of piperidine rings is 1. The average molecular weight is 395 g/mol. The first-order chi connectivity index (χ1) is 13.5. The number of benzene rings is 2. The second-order valence-corrected chi connectivity index (χ2v) is 8.64. The number of aryl methyl sites for hydroxylation is 1. The van der Waals surface area contributed by atoms with Crippen molar-refractivity contribution >= 4 is 27.5 Å². The zero-order valence-electron chi connectivity index (χ0n) is 16.6. The number of fused-ring (bicyclic) bond motifs is 1. The molecule has 1 aliphatic heterocycles. The van der Waals surface area contributed by atoms with E-state index >= 15 is 0 Å². The van der Waals surface area contributed by atoms with Gasteiger partial charge in [-0.25, -0.2) is 4.98 Å². The molecule has 0 unspecified atom stereocenters. The van der Waals surface area contributed by atoms with E-state index in [1.165, 1.54) is 15.3 Å². The van der Waals surface area contributed by atoms with Crippen LogP contribution in [0.2, 0.25) is 0 Å². The minimum absolute atomic E-state index is 0.0728. The molecule has 0 bridgehead atoms. The van der Waals surface area contributed by atoms with E-state index in [4.69, 9.17) is 9.72 Å². The van der Waals surface area contributed by atoms with Crippen molar-refractivity contribution in [1.29, 1.82) is 0 Å². The molecule has 0 N–H and O–H groups in total. The molecule has 146 valence electrons. The average Bonchev–Trinajstić information content (AvgIpc) is 3.15.